The van der Waals surface area contributed by atoms with Gasteiger partial charge in [0.05, 0.1) is 12.2 Å². The Bertz CT molecular complexity index is 167. The quantitative estimate of drug-likeness (QED) is 0.733. The van der Waals surface area contributed by atoms with Crippen molar-refractivity contribution in [3.05, 3.63) is 0 Å². The summed E-state index contributed by atoms with van der Waals surface area (Å²) in [5.41, 5.74) is 0. The maximum absolute atomic E-state index is 5.76. The van der Waals surface area contributed by atoms with Crippen molar-refractivity contribution in [2.24, 2.45) is 5.92 Å². The summed E-state index contributed by atoms with van der Waals surface area (Å²) in [5, 5.41) is 3.59. The summed E-state index contributed by atoms with van der Waals surface area (Å²) in [6.45, 7) is 5.66. The molecule has 2 aliphatic heterocycles. The highest BCUT2D eigenvalue weighted by Gasteiger charge is 2.27. The minimum atomic E-state index is 0.477. The van der Waals surface area contributed by atoms with Gasteiger partial charge in [0.2, 0.25) is 0 Å². The smallest absolute Gasteiger partial charge is 0.0553 e. The van der Waals surface area contributed by atoms with Crippen molar-refractivity contribution in [3.8, 4) is 0 Å². The maximum atomic E-state index is 5.76. The fourth-order valence-corrected chi connectivity index (χ4v) is 3.10. The lowest BCUT2D eigenvalue weighted by Crippen LogP contribution is -2.33. The number of nitrogens with one attached hydrogen (secondary N) is 1. The van der Waals surface area contributed by atoms with E-state index in [1.807, 2.05) is 0 Å². The van der Waals surface area contributed by atoms with Gasteiger partial charge in [-0.3, -0.25) is 0 Å². The van der Waals surface area contributed by atoms with Crippen LogP contribution in [0.4, 0.5) is 0 Å². The summed E-state index contributed by atoms with van der Waals surface area (Å²) in [7, 11) is 0. The molecule has 2 nitrogen and oxygen atoms in total. The minimum Gasteiger partial charge on any atom is -0.376 e. The highest BCUT2D eigenvalue weighted by Crippen LogP contribution is 2.29. The number of rotatable bonds is 2. The SMILES string of the molecule is C[C@@H]1CC(CC2CCCN2)C[C@H](C)O1. The average molecular weight is 197 g/mol. The maximum Gasteiger partial charge on any atom is 0.0553 e. The van der Waals surface area contributed by atoms with Crippen molar-refractivity contribution in [2.75, 3.05) is 6.54 Å². The molecule has 2 heterocycles. The van der Waals surface area contributed by atoms with Gasteiger partial charge in [0.25, 0.3) is 0 Å². The molecule has 2 unspecified atom stereocenters. The van der Waals surface area contributed by atoms with Gasteiger partial charge in [0, 0.05) is 6.04 Å². The first-order valence-corrected chi connectivity index (χ1v) is 6.13. The van der Waals surface area contributed by atoms with E-state index in [1.165, 1.54) is 38.6 Å². The van der Waals surface area contributed by atoms with Crippen LogP contribution in [-0.2, 0) is 4.74 Å². The zero-order valence-electron chi connectivity index (χ0n) is 9.46. The van der Waals surface area contributed by atoms with Crippen LogP contribution in [0.1, 0.15) is 46.0 Å². The van der Waals surface area contributed by atoms with Gasteiger partial charge in [-0.25, -0.2) is 0 Å². The first-order chi connectivity index (χ1) is 6.74. The van der Waals surface area contributed by atoms with Gasteiger partial charge in [-0.1, -0.05) is 0 Å². The topological polar surface area (TPSA) is 21.3 Å². The molecule has 2 fully saturated rings. The van der Waals surface area contributed by atoms with Gasteiger partial charge >= 0.3 is 0 Å². The van der Waals surface area contributed by atoms with Crippen LogP contribution in [0.3, 0.4) is 0 Å². The van der Waals surface area contributed by atoms with Crippen molar-refractivity contribution >= 4 is 0 Å². The fraction of sp³-hybridized carbons (Fsp3) is 1.00. The molecule has 2 saturated heterocycles. The average Bonchev–Trinajstić information content (AvgIpc) is 2.54. The summed E-state index contributed by atoms with van der Waals surface area (Å²) in [6, 6.07) is 0.803. The van der Waals surface area contributed by atoms with E-state index < -0.39 is 0 Å². The van der Waals surface area contributed by atoms with Crippen LogP contribution < -0.4 is 5.32 Å². The van der Waals surface area contributed by atoms with Gasteiger partial charge in [-0.15, -0.1) is 0 Å². The zero-order valence-corrected chi connectivity index (χ0v) is 9.46. The molecule has 4 atom stereocenters. The monoisotopic (exact) mass is 197 g/mol. The van der Waals surface area contributed by atoms with Crippen LogP contribution in [0, 0.1) is 5.92 Å². The third-order valence-electron chi connectivity index (χ3n) is 3.58. The predicted octanol–water partition coefficient (Wildman–Crippen LogP) is 2.33. The van der Waals surface area contributed by atoms with Crippen molar-refractivity contribution in [1.82, 2.24) is 5.32 Å². The van der Waals surface area contributed by atoms with Crippen LogP contribution in [-0.4, -0.2) is 24.8 Å². The van der Waals surface area contributed by atoms with Crippen molar-refractivity contribution in [2.45, 2.75) is 64.2 Å². The Labute approximate surface area is 87.4 Å². The van der Waals surface area contributed by atoms with E-state index in [1.54, 1.807) is 0 Å². The normalized spacial score (nSPS) is 44.1. The number of hydrogen-bond donors (Lipinski definition) is 1. The summed E-state index contributed by atoms with van der Waals surface area (Å²) in [6.07, 6.45) is 7.62. The molecule has 0 spiro atoms. The van der Waals surface area contributed by atoms with Gasteiger partial charge in [0.1, 0.15) is 0 Å². The standard InChI is InChI=1S/C12H23NO/c1-9-6-11(7-10(2)14-9)8-12-4-3-5-13-12/h9-13H,3-8H2,1-2H3/t9-,10+,11?,12?. The Balaban J connectivity index is 1.78. The number of hydrogen-bond acceptors (Lipinski definition) is 2. The van der Waals surface area contributed by atoms with E-state index in [-0.39, 0.29) is 0 Å². The second-order valence-corrected chi connectivity index (χ2v) is 5.12. The molecular weight excluding hydrogens is 174 g/mol. The molecule has 2 rings (SSSR count). The first-order valence-electron chi connectivity index (χ1n) is 6.13. The lowest BCUT2D eigenvalue weighted by molar-refractivity contribution is -0.0546. The van der Waals surface area contributed by atoms with Crippen LogP contribution in [0.2, 0.25) is 0 Å². The molecule has 14 heavy (non-hydrogen) atoms. The Morgan fingerprint density at radius 3 is 2.50 bits per heavy atom. The third kappa shape index (κ3) is 2.71. The second-order valence-electron chi connectivity index (χ2n) is 5.12. The van der Waals surface area contributed by atoms with Gasteiger partial charge in [-0.2, -0.15) is 0 Å². The van der Waals surface area contributed by atoms with E-state index in [2.05, 4.69) is 19.2 Å². The fourth-order valence-electron chi connectivity index (χ4n) is 3.10. The van der Waals surface area contributed by atoms with E-state index in [0.29, 0.717) is 12.2 Å². The molecule has 2 aliphatic rings. The summed E-state index contributed by atoms with van der Waals surface area (Å²) < 4.78 is 5.76. The lowest BCUT2D eigenvalue weighted by atomic mass is 9.87. The molecule has 0 aromatic carbocycles. The van der Waals surface area contributed by atoms with Crippen molar-refractivity contribution in [1.29, 1.82) is 0 Å². The lowest BCUT2D eigenvalue weighted by Gasteiger charge is -2.33. The highest BCUT2D eigenvalue weighted by molar-refractivity contribution is 4.81. The Morgan fingerprint density at radius 2 is 1.93 bits per heavy atom. The molecule has 0 radical (unpaired) electrons. The summed E-state index contributed by atoms with van der Waals surface area (Å²) in [4.78, 5) is 0. The summed E-state index contributed by atoms with van der Waals surface area (Å²) in [5.74, 6) is 0.893. The third-order valence-corrected chi connectivity index (χ3v) is 3.58. The van der Waals surface area contributed by atoms with Gasteiger partial charge in [0.15, 0.2) is 0 Å². The molecule has 1 N–H and O–H groups in total. The van der Waals surface area contributed by atoms with Gasteiger partial charge < -0.3 is 10.1 Å². The molecule has 2 heteroatoms. The molecule has 82 valence electrons. The second kappa shape index (κ2) is 4.63. The van der Waals surface area contributed by atoms with Crippen LogP contribution >= 0.6 is 0 Å². The molecule has 0 bridgehead atoms. The Morgan fingerprint density at radius 1 is 1.21 bits per heavy atom. The zero-order chi connectivity index (χ0) is 9.97. The van der Waals surface area contributed by atoms with E-state index in [9.17, 15) is 0 Å². The van der Waals surface area contributed by atoms with Gasteiger partial charge in [-0.05, 0) is 58.4 Å². The Kier molecular flexibility index (Phi) is 3.45. The summed E-state index contributed by atoms with van der Waals surface area (Å²) >= 11 is 0. The van der Waals surface area contributed by atoms with Crippen LogP contribution in [0.15, 0.2) is 0 Å². The number of ether oxygens (including phenoxy) is 1. The first kappa shape index (κ1) is 10.4. The predicted molar refractivity (Wildman–Crippen MR) is 58.4 cm³/mol. The largest absolute Gasteiger partial charge is 0.376 e. The highest BCUT2D eigenvalue weighted by atomic mass is 16.5. The Hall–Kier alpha value is -0.0800. The van der Waals surface area contributed by atoms with E-state index in [4.69, 9.17) is 4.74 Å². The molecule has 0 aromatic heterocycles. The van der Waals surface area contributed by atoms with Crippen LogP contribution in [0.25, 0.3) is 0 Å². The van der Waals surface area contributed by atoms with Crippen molar-refractivity contribution in [3.63, 3.8) is 0 Å². The van der Waals surface area contributed by atoms with E-state index in [0.717, 1.165) is 12.0 Å². The molecular formula is C12H23NO. The van der Waals surface area contributed by atoms with Crippen molar-refractivity contribution < 1.29 is 4.74 Å². The van der Waals surface area contributed by atoms with Crippen LogP contribution in [0.5, 0.6) is 0 Å². The molecule has 0 aliphatic carbocycles. The minimum absolute atomic E-state index is 0.477. The van der Waals surface area contributed by atoms with E-state index >= 15 is 0 Å². The molecule has 0 amide bonds. The molecule has 0 aromatic rings. The molecule has 0 saturated carbocycles.